The number of nitro benzene ring substituents is 1. The van der Waals surface area contributed by atoms with Crippen molar-refractivity contribution in [3.8, 4) is 5.75 Å². The number of nitro groups is 1. The number of hydrogen-bond donors (Lipinski definition) is 1. The van der Waals surface area contributed by atoms with Crippen LogP contribution in [-0.4, -0.2) is 4.92 Å². The van der Waals surface area contributed by atoms with Crippen molar-refractivity contribution in [2.24, 2.45) is 5.90 Å². The molecule has 0 saturated carbocycles. The zero-order valence-electron chi connectivity index (χ0n) is 5.86. The Bertz CT molecular complexity index is 316. The third-order valence-corrected chi connectivity index (χ3v) is 1.24. The summed E-state index contributed by atoms with van der Waals surface area (Å²) in [4.78, 5) is 13.6. The Morgan fingerprint density at radius 2 is 2.25 bits per heavy atom. The van der Waals surface area contributed by atoms with Crippen LogP contribution in [0.5, 0.6) is 5.75 Å². The van der Waals surface area contributed by atoms with Gasteiger partial charge in [-0.15, -0.1) is 0 Å². The summed E-state index contributed by atoms with van der Waals surface area (Å²) in [6.07, 6.45) is 0. The van der Waals surface area contributed by atoms with E-state index >= 15 is 0 Å². The highest BCUT2D eigenvalue weighted by Crippen LogP contribution is 2.25. The van der Waals surface area contributed by atoms with E-state index in [4.69, 9.17) is 5.90 Å². The SMILES string of the molecule is NOc1ccc(F)cc1[N+](=O)[O-]. The highest BCUT2D eigenvalue weighted by atomic mass is 19.1. The van der Waals surface area contributed by atoms with Gasteiger partial charge in [0.05, 0.1) is 11.0 Å². The Kier molecular flexibility index (Phi) is 2.20. The molecule has 0 unspecified atom stereocenters. The van der Waals surface area contributed by atoms with Crippen LogP contribution in [0.15, 0.2) is 18.2 Å². The molecule has 0 heterocycles. The molecular weight excluding hydrogens is 167 g/mol. The first-order chi connectivity index (χ1) is 5.65. The fourth-order valence-electron chi connectivity index (χ4n) is 0.733. The summed E-state index contributed by atoms with van der Waals surface area (Å²) >= 11 is 0. The van der Waals surface area contributed by atoms with Crippen molar-refractivity contribution in [2.45, 2.75) is 0 Å². The van der Waals surface area contributed by atoms with E-state index in [-0.39, 0.29) is 5.75 Å². The number of hydrogen-bond acceptors (Lipinski definition) is 4. The van der Waals surface area contributed by atoms with Gasteiger partial charge in [-0.25, -0.2) is 4.39 Å². The Hall–Kier alpha value is -1.69. The molecule has 0 fully saturated rings. The van der Waals surface area contributed by atoms with Crippen LogP contribution in [0.25, 0.3) is 0 Å². The lowest BCUT2D eigenvalue weighted by Gasteiger charge is -1.98. The maximum Gasteiger partial charge on any atom is 0.316 e. The molecule has 2 N–H and O–H groups in total. The van der Waals surface area contributed by atoms with Crippen molar-refractivity contribution in [2.75, 3.05) is 0 Å². The Balaban J connectivity index is 3.21. The first kappa shape index (κ1) is 8.41. The largest absolute Gasteiger partial charge is 0.404 e. The molecule has 1 rings (SSSR count). The minimum Gasteiger partial charge on any atom is -0.404 e. The molecule has 0 saturated heterocycles. The minimum absolute atomic E-state index is 0.165. The molecule has 1 aromatic carbocycles. The Labute approximate surface area is 66.7 Å². The van der Waals surface area contributed by atoms with Crippen LogP contribution < -0.4 is 10.7 Å². The summed E-state index contributed by atoms with van der Waals surface area (Å²) in [6, 6.07) is 2.85. The van der Waals surface area contributed by atoms with E-state index < -0.39 is 16.4 Å². The van der Waals surface area contributed by atoms with Gasteiger partial charge in [0.25, 0.3) is 0 Å². The van der Waals surface area contributed by atoms with Gasteiger partial charge < -0.3 is 4.84 Å². The highest BCUT2D eigenvalue weighted by Gasteiger charge is 2.15. The topological polar surface area (TPSA) is 78.4 Å². The van der Waals surface area contributed by atoms with Crippen LogP contribution in [0, 0.1) is 15.9 Å². The van der Waals surface area contributed by atoms with Crippen LogP contribution in [0.2, 0.25) is 0 Å². The van der Waals surface area contributed by atoms with Gasteiger partial charge in [-0.2, -0.15) is 5.90 Å². The number of benzene rings is 1. The van der Waals surface area contributed by atoms with Crippen molar-refractivity contribution in [3.05, 3.63) is 34.1 Å². The molecule has 0 aliphatic rings. The van der Waals surface area contributed by atoms with Crippen LogP contribution in [-0.2, 0) is 0 Å². The van der Waals surface area contributed by atoms with Crippen LogP contribution in [0.3, 0.4) is 0 Å². The van der Waals surface area contributed by atoms with Crippen LogP contribution in [0.1, 0.15) is 0 Å². The van der Waals surface area contributed by atoms with E-state index in [0.717, 1.165) is 18.2 Å². The second-order valence-electron chi connectivity index (χ2n) is 1.99. The average Bonchev–Trinajstić information content (AvgIpc) is 2.04. The molecule has 0 spiro atoms. The van der Waals surface area contributed by atoms with E-state index in [1.165, 1.54) is 0 Å². The molecular formula is C6H5FN2O3. The Morgan fingerprint density at radius 1 is 1.58 bits per heavy atom. The van der Waals surface area contributed by atoms with Crippen molar-refractivity contribution < 1.29 is 14.2 Å². The second-order valence-corrected chi connectivity index (χ2v) is 1.99. The molecule has 0 radical (unpaired) electrons. The molecule has 12 heavy (non-hydrogen) atoms. The number of halogens is 1. The van der Waals surface area contributed by atoms with Crippen molar-refractivity contribution in [1.82, 2.24) is 0 Å². The van der Waals surface area contributed by atoms with Gasteiger partial charge in [0.2, 0.25) is 5.75 Å². The first-order valence-electron chi connectivity index (χ1n) is 2.96. The predicted molar refractivity (Wildman–Crippen MR) is 37.9 cm³/mol. The van der Waals surface area contributed by atoms with Gasteiger partial charge in [-0.3, -0.25) is 10.1 Å². The summed E-state index contributed by atoms with van der Waals surface area (Å²) < 4.78 is 12.4. The maximum absolute atomic E-state index is 12.4. The zero-order valence-corrected chi connectivity index (χ0v) is 5.86. The lowest BCUT2D eigenvalue weighted by molar-refractivity contribution is -0.386. The van der Waals surface area contributed by atoms with Crippen LogP contribution >= 0.6 is 0 Å². The molecule has 0 aliphatic carbocycles. The third-order valence-electron chi connectivity index (χ3n) is 1.24. The maximum atomic E-state index is 12.4. The van der Waals surface area contributed by atoms with Gasteiger partial charge >= 0.3 is 5.69 Å². The number of nitrogens with two attached hydrogens (primary N) is 1. The molecule has 1 aromatic rings. The summed E-state index contributed by atoms with van der Waals surface area (Å²) in [5.41, 5.74) is -0.488. The van der Waals surface area contributed by atoms with Crippen molar-refractivity contribution in [1.29, 1.82) is 0 Å². The van der Waals surface area contributed by atoms with Gasteiger partial charge in [0.1, 0.15) is 5.82 Å². The summed E-state index contributed by atoms with van der Waals surface area (Å²) in [5.74, 6) is 3.84. The molecule has 0 atom stereocenters. The van der Waals surface area contributed by atoms with Crippen LogP contribution in [0.4, 0.5) is 10.1 Å². The number of rotatable bonds is 2. The smallest absolute Gasteiger partial charge is 0.316 e. The highest BCUT2D eigenvalue weighted by molar-refractivity contribution is 5.45. The van der Waals surface area contributed by atoms with E-state index in [1.807, 2.05) is 0 Å². The summed E-state index contributed by atoms with van der Waals surface area (Å²) in [6.45, 7) is 0. The fourth-order valence-corrected chi connectivity index (χ4v) is 0.733. The summed E-state index contributed by atoms with van der Waals surface area (Å²) in [5, 5.41) is 10.2. The first-order valence-corrected chi connectivity index (χ1v) is 2.96. The Morgan fingerprint density at radius 3 is 2.75 bits per heavy atom. The molecule has 0 aromatic heterocycles. The molecule has 0 amide bonds. The molecule has 6 heteroatoms. The van der Waals surface area contributed by atoms with Gasteiger partial charge in [-0.05, 0) is 12.1 Å². The van der Waals surface area contributed by atoms with E-state index in [1.54, 1.807) is 0 Å². The molecule has 0 aliphatic heterocycles. The monoisotopic (exact) mass is 172 g/mol. The van der Waals surface area contributed by atoms with E-state index in [2.05, 4.69) is 4.84 Å². The normalized spacial score (nSPS) is 9.50. The van der Waals surface area contributed by atoms with E-state index in [9.17, 15) is 14.5 Å². The molecule has 0 bridgehead atoms. The lowest BCUT2D eigenvalue weighted by atomic mass is 10.3. The average molecular weight is 172 g/mol. The fraction of sp³-hybridized carbons (Fsp3) is 0. The predicted octanol–water partition coefficient (Wildman–Crippen LogP) is 0.986. The number of nitrogens with zero attached hydrogens (tertiary/aromatic N) is 1. The third kappa shape index (κ3) is 1.48. The van der Waals surface area contributed by atoms with E-state index in [0.29, 0.717) is 0 Å². The summed E-state index contributed by atoms with van der Waals surface area (Å²) in [7, 11) is 0. The lowest BCUT2D eigenvalue weighted by Crippen LogP contribution is -2.04. The standard InChI is InChI=1S/C6H5FN2O3/c7-4-1-2-6(12-8)5(3-4)9(10)11/h1-3H,8H2. The second kappa shape index (κ2) is 3.14. The van der Waals surface area contributed by atoms with Crippen molar-refractivity contribution >= 4 is 5.69 Å². The van der Waals surface area contributed by atoms with Crippen molar-refractivity contribution in [3.63, 3.8) is 0 Å². The van der Waals surface area contributed by atoms with Gasteiger partial charge in [0.15, 0.2) is 0 Å². The zero-order chi connectivity index (χ0) is 9.14. The van der Waals surface area contributed by atoms with Gasteiger partial charge in [0, 0.05) is 0 Å². The molecule has 64 valence electrons. The molecule has 5 nitrogen and oxygen atoms in total. The quantitative estimate of drug-likeness (QED) is 0.532. The minimum atomic E-state index is -0.773. The van der Waals surface area contributed by atoms with Gasteiger partial charge in [-0.1, -0.05) is 0 Å².